The number of carbonyl (C=O) groups is 1. The Kier molecular flexibility index (Phi) is 6.32. The Labute approximate surface area is 106 Å². The Bertz CT molecular complexity index is 384. The number of benzene rings is 1. The largest absolute Gasteiger partial charge is 0.460 e. The first-order valence-corrected chi connectivity index (χ1v) is 5.75. The van der Waals surface area contributed by atoms with Gasteiger partial charge in [0.15, 0.2) is 0 Å². The lowest BCUT2D eigenvalue weighted by Gasteiger charge is -2.13. The maximum atomic E-state index is 12.9. The van der Waals surface area contributed by atoms with Gasteiger partial charge in [0.1, 0.15) is 18.5 Å². The van der Waals surface area contributed by atoms with Crippen LogP contribution >= 0.6 is 0 Å². The van der Waals surface area contributed by atoms with Crippen LogP contribution in [0.5, 0.6) is 0 Å². The number of hydrogen-bond donors (Lipinski definition) is 1. The summed E-state index contributed by atoms with van der Waals surface area (Å²) in [4.78, 5) is 11.1. The Morgan fingerprint density at radius 3 is 2.94 bits per heavy atom. The molecule has 1 aromatic rings. The SMILES string of the molecule is COCC(=O)OC(C)CNCc1cccc(F)c1. The van der Waals surface area contributed by atoms with E-state index in [0.29, 0.717) is 13.1 Å². The molecular formula is C13H18FNO3. The van der Waals surface area contributed by atoms with Crippen molar-refractivity contribution in [1.29, 1.82) is 0 Å². The van der Waals surface area contributed by atoms with Gasteiger partial charge in [0.2, 0.25) is 0 Å². The smallest absolute Gasteiger partial charge is 0.332 e. The van der Waals surface area contributed by atoms with Gasteiger partial charge in [-0.15, -0.1) is 0 Å². The van der Waals surface area contributed by atoms with E-state index in [1.54, 1.807) is 13.0 Å². The van der Waals surface area contributed by atoms with Crippen LogP contribution in [0.25, 0.3) is 0 Å². The van der Waals surface area contributed by atoms with Crippen molar-refractivity contribution in [3.05, 3.63) is 35.6 Å². The number of ether oxygens (including phenoxy) is 2. The Balaban J connectivity index is 2.23. The quantitative estimate of drug-likeness (QED) is 0.750. The summed E-state index contributed by atoms with van der Waals surface area (Å²) < 4.78 is 22.6. The lowest BCUT2D eigenvalue weighted by molar-refractivity contribution is -0.152. The molecule has 1 rings (SSSR count). The first kappa shape index (κ1) is 14.6. The predicted octanol–water partition coefficient (Wildman–Crippen LogP) is 1.49. The number of nitrogens with one attached hydrogen (secondary N) is 1. The standard InChI is InChI=1S/C13H18FNO3/c1-10(18-13(16)9-17-2)7-15-8-11-4-3-5-12(14)6-11/h3-6,10,15H,7-9H2,1-2H3. The molecule has 0 bridgehead atoms. The molecule has 0 aromatic heterocycles. The summed E-state index contributed by atoms with van der Waals surface area (Å²) in [6.45, 7) is 2.77. The summed E-state index contributed by atoms with van der Waals surface area (Å²) in [5, 5.41) is 3.09. The van der Waals surface area contributed by atoms with E-state index in [2.05, 4.69) is 10.1 Å². The Hall–Kier alpha value is -1.46. The lowest BCUT2D eigenvalue weighted by atomic mass is 10.2. The van der Waals surface area contributed by atoms with Crippen LogP contribution in [0.4, 0.5) is 4.39 Å². The molecule has 18 heavy (non-hydrogen) atoms. The van der Waals surface area contributed by atoms with E-state index in [0.717, 1.165) is 5.56 Å². The van der Waals surface area contributed by atoms with Crippen LogP contribution in [0.1, 0.15) is 12.5 Å². The lowest BCUT2D eigenvalue weighted by Crippen LogP contribution is -2.29. The molecule has 0 aliphatic rings. The summed E-state index contributed by atoms with van der Waals surface area (Å²) in [7, 11) is 1.44. The minimum Gasteiger partial charge on any atom is -0.460 e. The van der Waals surface area contributed by atoms with Crippen molar-refractivity contribution >= 4 is 5.97 Å². The van der Waals surface area contributed by atoms with Gasteiger partial charge in [-0.2, -0.15) is 0 Å². The van der Waals surface area contributed by atoms with Crippen LogP contribution in [0.15, 0.2) is 24.3 Å². The second kappa shape index (κ2) is 7.79. The molecule has 1 atom stereocenters. The Morgan fingerprint density at radius 1 is 1.50 bits per heavy atom. The van der Waals surface area contributed by atoms with Crippen molar-refractivity contribution in [2.45, 2.75) is 19.6 Å². The van der Waals surface area contributed by atoms with E-state index in [-0.39, 0.29) is 18.5 Å². The van der Waals surface area contributed by atoms with Crippen LogP contribution in [-0.4, -0.2) is 32.3 Å². The molecule has 100 valence electrons. The summed E-state index contributed by atoms with van der Waals surface area (Å²) in [5.74, 6) is -0.647. The summed E-state index contributed by atoms with van der Waals surface area (Å²) in [5.41, 5.74) is 0.852. The number of halogens is 1. The molecule has 0 heterocycles. The van der Waals surface area contributed by atoms with Crippen molar-refractivity contribution in [3.63, 3.8) is 0 Å². The third-order valence-electron chi connectivity index (χ3n) is 2.24. The first-order chi connectivity index (χ1) is 8.61. The average Bonchev–Trinajstić information content (AvgIpc) is 2.29. The molecule has 1 N–H and O–H groups in total. The fraction of sp³-hybridized carbons (Fsp3) is 0.462. The van der Waals surface area contributed by atoms with Gasteiger partial charge in [-0.25, -0.2) is 9.18 Å². The molecule has 0 amide bonds. The molecule has 0 saturated carbocycles. The average molecular weight is 255 g/mol. The number of hydrogen-bond acceptors (Lipinski definition) is 4. The van der Waals surface area contributed by atoms with Gasteiger partial charge in [-0.05, 0) is 24.6 Å². The zero-order valence-electron chi connectivity index (χ0n) is 10.6. The summed E-state index contributed by atoms with van der Waals surface area (Å²) in [6, 6.07) is 6.36. The second-order valence-electron chi connectivity index (χ2n) is 3.99. The molecule has 1 aromatic carbocycles. The zero-order chi connectivity index (χ0) is 13.4. The second-order valence-corrected chi connectivity index (χ2v) is 3.99. The zero-order valence-corrected chi connectivity index (χ0v) is 10.6. The van der Waals surface area contributed by atoms with Gasteiger partial charge in [0.25, 0.3) is 0 Å². The molecule has 0 aliphatic carbocycles. The van der Waals surface area contributed by atoms with Crippen molar-refractivity contribution in [2.75, 3.05) is 20.3 Å². The van der Waals surface area contributed by atoms with Crippen LogP contribution in [-0.2, 0) is 20.8 Å². The minimum absolute atomic E-state index is 0.0474. The van der Waals surface area contributed by atoms with E-state index in [9.17, 15) is 9.18 Å². The van der Waals surface area contributed by atoms with Crippen LogP contribution < -0.4 is 5.32 Å². The van der Waals surface area contributed by atoms with E-state index in [1.165, 1.54) is 19.2 Å². The number of carbonyl (C=O) groups excluding carboxylic acids is 1. The fourth-order valence-corrected chi connectivity index (χ4v) is 1.48. The van der Waals surface area contributed by atoms with Crippen molar-refractivity contribution < 1.29 is 18.7 Å². The van der Waals surface area contributed by atoms with Gasteiger partial charge in [0, 0.05) is 20.2 Å². The highest BCUT2D eigenvalue weighted by Gasteiger charge is 2.08. The minimum atomic E-state index is -0.391. The van der Waals surface area contributed by atoms with E-state index in [1.807, 2.05) is 6.07 Å². The topological polar surface area (TPSA) is 47.6 Å². The molecule has 0 radical (unpaired) electrons. The van der Waals surface area contributed by atoms with Gasteiger partial charge >= 0.3 is 5.97 Å². The van der Waals surface area contributed by atoms with Gasteiger partial charge in [0.05, 0.1) is 0 Å². The summed E-state index contributed by atoms with van der Waals surface area (Å²) >= 11 is 0. The van der Waals surface area contributed by atoms with Crippen LogP contribution in [0, 0.1) is 5.82 Å². The van der Waals surface area contributed by atoms with Gasteiger partial charge in [-0.3, -0.25) is 0 Å². The number of methoxy groups -OCH3 is 1. The van der Waals surface area contributed by atoms with Crippen LogP contribution in [0.2, 0.25) is 0 Å². The predicted molar refractivity (Wildman–Crippen MR) is 65.5 cm³/mol. The molecule has 0 saturated heterocycles. The van der Waals surface area contributed by atoms with E-state index in [4.69, 9.17) is 4.74 Å². The van der Waals surface area contributed by atoms with Gasteiger partial charge in [-0.1, -0.05) is 12.1 Å². The normalized spacial score (nSPS) is 12.2. The van der Waals surface area contributed by atoms with Crippen molar-refractivity contribution in [3.8, 4) is 0 Å². The Morgan fingerprint density at radius 2 is 2.28 bits per heavy atom. The highest BCUT2D eigenvalue weighted by Crippen LogP contribution is 2.02. The van der Waals surface area contributed by atoms with E-state index >= 15 is 0 Å². The molecule has 4 nitrogen and oxygen atoms in total. The molecule has 0 fully saturated rings. The fourth-order valence-electron chi connectivity index (χ4n) is 1.48. The highest BCUT2D eigenvalue weighted by atomic mass is 19.1. The molecule has 1 unspecified atom stereocenters. The highest BCUT2D eigenvalue weighted by molar-refractivity contribution is 5.70. The van der Waals surface area contributed by atoms with Gasteiger partial charge < -0.3 is 14.8 Å². The van der Waals surface area contributed by atoms with E-state index < -0.39 is 5.97 Å². The molecule has 0 spiro atoms. The third kappa shape index (κ3) is 5.75. The first-order valence-electron chi connectivity index (χ1n) is 5.75. The molecule has 5 heteroatoms. The molecular weight excluding hydrogens is 237 g/mol. The maximum Gasteiger partial charge on any atom is 0.332 e. The maximum absolute atomic E-state index is 12.9. The number of rotatable bonds is 7. The number of esters is 1. The molecule has 0 aliphatic heterocycles. The van der Waals surface area contributed by atoms with Crippen molar-refractivity contribution in [1.82, 2.24) is 5.32 Å². The third-order valence-corrected chi connectivity index (χ3v) is 2.24. The van der Waals surface area contributed by atoms with Crippen LogP contribution in [0.3, 0.4) is 0 Å². The summed E-state index contributed by atoms with van der Waals surface area (Å²) in [6.07, 6.45) is -0.249. The van der Waals surface area contributed by atoms with Crippen molar-refractivity contribution in [2.24, 2.45) is 0 Å². The monoisotopic (exact) mass is 255 g/mol.